The van der Waals surface area contributed by atoms with E-state index in [1.807, 2.05) is 6.92 Å². The van der Waals surface area contributed by atoms with E-state index in [9.17, 15) is 20.2 Å². The van der Waals surface area contributed by atoms with Crippen LogP contribution in [0.3, 0.4) is 0 Å². The van der Waals surface area contributed by atoms with Crippen LogP contribution in [0.4, 0.5) is 5.69 Å². The number of nitro groups is 1. The summed E-state index contributed by atoms with van der Waals surface area (Å²) in [6, 6.07) is 19.0. The van der Waals surface area contributed by atoms with Crippen LogP contribution in [0.25, 0.3) is 0 Å². The Morgan fingerprint density at radius 1 is 1.15 bits per heavy atom. The number of rotatable bonds is 6. The molecular weight excluding hydrogens is 565 g/mol. The first-order valence-electron chi connectivity index (χ1n) is 13.2. The number of hydrogen-bond donors (Lipinski definition) is 0. The van der Waals surface area contributed by atoms with Crippen LogP contribution in [-0.4, -0.2) is 30.0 Å². The number of hydrogen-bond acceptors (Lipinski definition) is 6. The summed E-state index contributed by atoms with van der Waals surface area (Å²) in [5, 5.41) is 24.8. The Balaban J connectivity index is 1.72. The molecule has 4 atom stereocenters. The number of halogens is 2. The minimum atomic E-state index is -2.05. The summed E-state index contributed by atoms with van der Waals surface area (Å²) in [5.41, 5.74) is -1.90. The van der Waals surface area contributed by atoms with Crippen molar-refractivity contribution in [3.63, 3.8) is 0 Å². The van der Waals surface area contributed by atoms with Gasteiger partial charge in [0.25, 0.3) is 5.54 Å². The molecular formula is C31H25Cl2N3O5. The second kappa shape index (κ2) is 9.79. The molecule has 0 aromatic heterocycles. The van der Waals surface area contributed by atoms with Crippen molar-refractivity contribution in [2.45, 2.75) is 42.7 Å². The summed E-state index contributed by atoms with van der Waals surface area (Å²) in [7, 11) is 1.51. The number of nitriles is 1. The molecule has 3 aromatic rings. The average Bonchev–Trinajstić information content (AvgIpc) is 3.42. The number of carbonyl (C=O) groups is 1. The van der Waals surface area contributed by atoms with Crippen molar-refractivity contribution in [1.29, 1.82) is 5.26 Å². The van der Waals surface area contributed by atoms with E-state index in [0.717, 1.165) is 6.42 Å². The van der Waals surface area contributed by atoms with Crippen LogP contribution in [0.1, 0.15) is 48.5 Å². The maximum atomic E-state index is 14.8. The fourth-order valence-corrected chi connectivity index (χ4v) is 7.15. The van der Waals surface area contributed by atoms with Crippen LogP contribution in [0.5, 0.6) is 11.5 Å². The number of methoxy groups -OCH3 is 1. The number of fused-ring (bicyclic) bond motifs is 6. The van der Waals surface area contributed by atoms with Crippen molar-refractivity contribution < 1.29 is 19.2 Å². The van der Waals surface area contributed by atoms with Crippen molar-refractivity contribution in [3.05, 3.63) is 109 Å². The molecule has 3 aliphatic rings. The van der Waals surface area contributed by atoms with E-state index in [4.69, 9.17) is 32.7 Å². The summed E-state index contributed by atoms with van der Waals surface area (Å²) < 4.78 is 11.8. The molecule has 0 fully saturated rings. The highest BCUT2D eigenvalue weighted by atomic mass is 35.5. The fraction of sp³-hybridized carbons (Fsp3) is 0.290. The smallest absolute Gasteiger partial charge is 0.290 e. The number of nitrogens with zero attached hydrogens (tertiary/aromatic N) is 3. The van der Waals surface area contributed by atoms with Gasteiger partial charge in [-0.3, -0.25) is 14.9 Å². The normalized spacial score (nSPS) is 25.6. The van der Waals surface area contributed by atoms with Gasteiger partial charge in [-0.1, -0.05) is 48.7 Å². The molecule has 208 valence electrons. The van der Waals surface area contributed by atoms with Gasteiger partial charge in [-0.25, -0.2) is 0 Å². The van der Waals surface area contributed by atoms with Crippen LogP contribution in [0, 0.1) is 21.4 Å². The molecule has 41 heavy (non-hydrogen) atoms. The molecule has 0 radical (unpaired) electrons. The maximum Gasteiger partial charge on any atom is 0.290 e. The Kier molecular flexibility index (Phi) is 6.48. The number of benzene rings is 3. The molecule has 4 unspecified atom stereocenters. The molecule has 2 aliphatic heterocycles. The third kappa shape index (κ3) is 3.62. The molecule has 1 spiro atoms. The molecule has 6 rings (SSSR count). The predicted octanol–water partition coefficient (Wildman–Crippen LogP) is 6.78. The molecule has 0 bridgehead atoms. The van der Waals surface area contributed by atoms with E-state index in [2.05, 4.69) is 6.07 Å². The quantitative estimate of drug-likeness (QED) is 0.231. The summed E-state index contributed by atoms with van der Waals surface area (Å²) in [4.78, 5) is 29.5. The second-order valence-corrected chi connectivity index (χ2v) is 11.4. The topological polar surface area (TPSA) is 106 Å². The third-order valence-corrected chi connectivity index (χ3v) is 8.94. The fourth-order valence-electron chi connectivity index (χ4n) is 6.80. The zero-order valence-electron chi connectivity index (χ0n) is 22.3. The first-order valence-corrected chi connectivity index (χ1v) is 14.0. The Morgan fingerprint density at radius 3 is 2.61 bits per heavy atom. The standard InChI is InChI=1S/C31H25Cl2N3O5/c1-3-4-12-35-25-10-8-21(33)15-24(25)31(29(35)37)19(17-34)16-30(36(38)39)27(31)23-14-20(32)9-11-26(23)41-28(30)18-6-5-7-22(13-18)40-2/h5-11,13-16,27-28H,3-4,12H2,1-2H3. The average molecular weight is 590 g/mol. The lowest BCUT2D eigenvalue weighted by atomic mass is 9.60. The lowest BCUT2D eigenvalue weighted by Crippen LogP contribution is -2.57. The van der Waals surface area contributed by atoms with Gasteiger partial charge in [0.05, 0.1) is 24.7 Å². The number of amides is 1. The third-order valence-electron chi connectivity index (χ3n) is 8.47. The Hall–Kier alpha value is -4.06. The van der Waals surface area contributed by atoms with E-state index in [1.165, 1.54) is 13.2 Å². The van der Waals surface area contributed by atoms with E-state index < -0.39 is 33.8 Å². The van der Waals surface area contributed by atoms with Crippen LogP contribution < -0.4 is 14.4 Å². The number of carbonyl (C=O) groups excluding carboxylic acids is 1. The molecule has 0 N–H and O–H groups in total. The van der Waals surface area contributed by atoms with Crippen molar-refractivity contribution in [3.8, 4) is 17.6 Å². The molecule has 2 heterocycles. The van der Waals surface area contributed by atoms with Gasteiger partial charge in [0.15, 0.2) is 6.10 Å². The summed E-state index contributed by atoms with van der Waals surface area (Å²) >= 11 is 13.0. The SMILES string of the molecule is CCCCN1C(=O)C2(C(C#N)=CC3([N+](=O)[O-])C(c4cccc(OC)c4)Oc4ccc(Cl)cc4C23)c2cc(Cl)ccc21. The van der Waals surface area contributed by atoms with Gasteiger partial charge in [-0.15, -0.1) is 0 Å². The maximum absolute atomic E-state index is 14.8. The molecule has 0 saturated heterocycles. The Bertz CT molecular complexity index is 1680. The van der Waals surface area contributed by atoms with Gasteiger partial charge >= 0.3 is 0 Å². The predicted molar refractivity (Wildman–Crippen MR) is 154 cm³/mol. The Labute approximate surface area is 246 Å². The molecule has 3 aromatic carbocycles. The van der Waals surface area contributed by atoms with Crippen LogP contribution in [0.15, 0.2) is 72.3 Å². The largest absolute Gasteiger partial charge is 0.497 e. The highest BCUT2D eigenvalue weighted by Crippen LogP contribution is 2.68. The first kappa shape index (κ1) is 27.1. The lowest BCUT2D eigenvalue weighted by Gasteiger charge is -2.44. The van der Waals surface area contributed by atoms with Gasteiger partial charge in [0.1, 0.15) is 16.9 Å². The van der Waals surface area contributed by atoms with E-state index in [0.29, 0.717) is 56.9 Å². The monoisotopic (exact) mass is 589 g/mol. The zero-order chi connectivity index (χ0) is 29.1. The summed E-state index contributed by atoms with van der Waals surface area (Å²) in [5.74, 6) is -0.739. The van der Waals surface area contributed by atoms with Crippen LogP contribution in [-0.2, 0) is 10.2 Å². The molecule has 10 heteroatoms. The van der Waals surface area contributed by atoms with Crippen LogP contribution >= 0.6 is 23.2 Å². The van der Waals surface area contributed by atoms with E-state index >= 15 is 0 Å². The first-order chi connectivity index (χ1) is 19.7. The number of anilines is 1. The van der Waals surface area contributed by atoms with Gasteiger partial charge < -0.3 is 14.4 Å². The molecule has 8 nitrogen and oxygen atoms in total. The van der Waals surface area contributed by atoms with Crippen molar-refractivity contribution in [1.82, 2.24) is 0 Å². The van der Waals surface area contributed by atoms with Crippen molar-refractivity contribution >= 4 is 34.8 Å². The van der Waals surface area contributed by atoms with Gasteiger partial charge in [-0.05, 0) is 60.5 Å². The molecule has 0 saturated carbocycles. The van der Waals surface area contributed by atoms with Gasteiger partial charge in [0.2, 0.25) is 5.91 Å². The van der Waals surface area contributed by atoms with Gasteiger partial charge in [0, 0.05) is 44.4 Å². The molecule has 1 amide bonds. The highest BCUT2D eigenvalue weighted by molar-refractivity contribution is 6.31. The van der Waals surface area contributed by atoms with E-state index in [1.54, 1.807) is 65.6 Å². The summed E-state index contributed by atoms with van der Waals surface area (Å²) in [6.07, 6.45) is 1.66. The van der Waals surface area contributed by atoms with Crippen LogP contribution in [0.2, 0.25) is 10.0 Å². The highest BCUT2D eigenvalue weighted by Gasteiger charge is 2.77. The minimum absolute atomic E-state index is 0.0176. The second-order valence-electron chi connectivity index (χ2n) is 10.5. The lowest BCUT2D eigenvalue weighted by molar-refractivity contribution is -0.574. The van der Waals surface area contributed by atoms with Crippen molar-refractivity contribution in [2.24, 2.45) is 0 Å². The molecule has 1 aliphatic carbocycles. The van der Waals surface area contributed by atoms with E-state index in [-0.39, 0.29) is 5.57 Å². The minimum Gasteiger partial charge on any atom is -0.497 e. The van der Waals surface area contributed by atoms with Crippen molar-refractivity contribution in [2.75, 3.05) is 18.6 Å². The number of ether oxygens (including phenoxy) is 2. The zero-order valence-corrected chi connectivity index (χ0v) is 23.8. The summed E-state index contributed by atoms with van der Waals surface area (Å²) in [6.45, 7) is 2.41. The van der Waals surface area contributed by atoms with Gasteiger partial charge in [-0.2, -0.15) is 5.26 Å². The number of unbranched alkanes of at least 4 members (excludes halogenated alkanes) is 1. The Morgan fingerprint density at radius 2 is 1.90 bits per heavy atom.